The van der Waals surface area contributed by atoms with Gasteiger partial charge in [-0.1, -0.05) is 53.2 Å². The van der Waals surface area contributed by atoms with Crippen LogP contribution in [0.25, 0.3) is 0 Å². The zero-order valence-electron chi connectivity index (χ0n) is 14.1. The first-order chi connectivity index (χ1) is 12.1. The number of sulfonamides is 1. The van der Waals surface area contributed by atoms with Crippen LogP contribution in [0.1, 0.15) is 13.8 Å². The Morgan fingerprint density at radius 2 is 1.92 bits per heavy atom. The van der Waals surface area contributed by atoms with Gasteiger partial charge in [-0.3, -0.25) is 14.4 Å². The second kappa shape index (κ2) is 8.75. The predicted octanol–water partition coefficient (Wildman–Crippen LogP) is 3.75. The molecular weight excluding hydrogens is 439 g/mol. The van der Waals surface area contributed by atoms with Crippen LogP contribution >= 0.6 is 46.3 Å². The second-order valence-corrected chi connectivity index (χ2v) is 10.4. The van der Waals surface area contributed by atoms with E-state index in [1.165, 1.54) is 48.2 Å². The fourth-order valence-corrected chi connectivity index (χ4v) is 5.45. The van der Waals surface area contributed by atoms with Gasteiger partial charge in [-0.25, -0.2) is 8.42 Å². The van der Waals surface area contributed by atoms with Crippen LogP contribution in [0.4, 0.5) is 10.8 Å². The van der Waals surface area contributed by atoms with E-state index in [2.05, 4.69) is 15.5 Å². The van der Waals surface area contributed by atoms with Crippen LogP contribution in [0.5, 0.6) is 0 Å². The lowest BCUT2D eigenvalue weighted by atomic mass is 10.2. The van der Waals surface area contributed by atoms with E-state index in [1.807, 2.05) is 6.92 Å². The SMILES string of the molecule is CCSc1nnc(NC(=O)C(C)N(c2cc(Cl)cc(Cl)c2)S(C)(=O)=O)s1. The number of rotatable bonds is 7. The van der Waals surface area contributed by atoms with E-state index in [9.17, 15) is 13.2 Å². The maximum Gasteiger partial charge on any atom is 0.249 e. The molecule has 2 rings (SSSR count). The fourth-order valence-electron chi connectivity index (χ4n) is 2.13. The third-order valence-corrected chi connectivity index (χ3v) is 6.63. The standard InChI is InChI=1S/C14H16Cl2N4O3S3/c1-4-24-14-19-18-13(25-14)17-12(21)8(2)20(26(3,22)23)11-6-9(15)5-10(16)7-11/h5-8H,4H2,1-3H3,(H,17,18,21). The molecule has 1 atom stereocenters. The predicted molar refractivity (Wildman–Crippen MR) is 108 cm³/mol. The minimum Gasteiger partial charge on any atom is -0.299 e. The molecule has 2 aromatic rings. The summed E-state index contributed by atoms with van der Waals surface area (Å²) in [4.78, 5) is 12.6. The van der Waals surface area contributed by atoms with Crippen LogP contribution in [0.2, 0.25) is 10.0 Å². The summed E-state index contributed by atoms with van der Waals surface area (Å²) in [7, 11) is -3.77. The van der Waals surface area contributed by atoms with E-state index in [0.717, 1.165) is 20.7 Å². The lowest BCUT2D eigenvalue weighted by molar-refractivity contribution is -0.116. The quantitative estimate of drug-likeness (QED) is 0.505. The second-order valence-electron chi connectivity index (χ2n) is 5.16. The minimum absolute atomic E-state index is 0.201. The smallest absolute Gasteiger partial charge is 0.249 e. The van der Waals surface area contributed by atoms with E-state index in [0.29, 0.717) is 5.13 Å². The van der Waals surface area contributed by atoms with Gasteiger partial charge in [0.05, 0.1) is 11.9 Å². The highest BCUT2D eigenvalue weighted by Gasteiger charge is 2.30. The molecule has 0 saturated carbocycles. The summed E-state index contributed by atoms with van der Waals surface area (Å²) in [6.45, 7) is 3.44. The summed E-state index contributed by atoms with van der Waals surface area (Å²) in [6, 6.07) is 3.29. The molecule has 0 aliphatic rings. The highest BCUT2D eigenvalue weighted by atomic mass is 35.5. The molecule has 0 aliphatic heterocycles. The van der Waals surface area contributed by atoms with Crippen LogP contribution in [0.15, 0.2) is 22.5 Å². The Morgan fingerprint density at radius 1 is 1.31 bits per heavy atom. The molecule has 1 amide bonds. The number of thioether (sulfide) groups is 1. The first-order valence-corrected chi connectivity index (χ1v) is 11.7. The molecule has 1 aromatic heterocycles. The minimum atomic E-state index is -3.77. The zero-order chi connectivity index (χ0) is 19.5. The molecule has 0 spiro atoms. The molecule has 7 nitrogen and oxygen atoms in total. The average molecular weight is 455 g/mol. The lowest BCUT2D eigenvalue weighted by Crippen LogP contribution is -2.45. The van der Waals surface area contributed by atoms with Gasteiger partial charge in [0.15, 0.2) is 4.34 Å². The maximum absolute atomic E-state index is 12.6. The number of halogens is 2. The summed E-state index contributed by atoms with van der Waals surface area (Å²) in [5, 5.41) is 11.2. The molecule has 0 radical (unpaired) electrons. The third-order valence-electron chi connectivity index (χ3n) is 3.09. The van der Waals surface area contributed by atoms with Crippen molar-refractivity contribution in [3.05, 3.63) is 28.2 Å². The highest BCUT2D eigenvalue weighted by molar-refractivity contribution is 8.01. The number of hydrogen-bond acceptors (Lipinski definition) is 7. The molecule has 1 unspecified atom stereocenters. The van der Waals surface area contributed by atoms with Crippen LogP contribution in [-0.2, 0) is 14.8 Å². The Hall–Kier alpha value is -1.07. The van der Waals surface area contributed by atoms with Crippen molar-refractivity contribution in [2.24, 2.45) is 0 Å². The van der Waals surface area contributed by atoms with Crippen molar-refractivity contribution in [1.29, 1.82) is 0 Å². The Morgan fingerprint density at radius 3 is 2.46 bits per heavy atom. The summed E-state index contributed by atoms with van der Waals surface area (Å²) >= 11 is 14.7. The molecule has 0 aliphatic carbocycles. The number of benzene rings is 1. The molecule has 0 saturated heterocycles. The topological polar surface area (TPSA) is 92.3 Å². The van der Waals surface area contributed by atoms with Crippen molar-refractivity contribution in [1.82, 2.24) is 10.2 Å². The normalized spacial score (nSPS) is 12.7. The number of carbonyl (C=O) groups excluding carboxylic acids is 1. The Kier molecular flexibility index (Phi) is 7.14. The van der Waals surface area contributed by atoms with Crippen molar-refractivity contribution < 1.29 is 13.2 Å². The van der Waals surface area contributed by atoms with E-state index in [4.69, 9.17) is 23.2 Å². The van der Waals surface area contributed by atoms with E-state index >= 15 is 0 Å². The first kappa shape index (κ1) is 21.2. The maximum atomic E-state index is 12.6. The van der Waals surface area contributed by atoms with Gasteiger partial charge in [-0.05, 0) is 30.9 Å². The molecule has 1 aromatic carbocycles. The van der Waals surface area contributed by atoms with Gasteiger partial charge >= 0.3 is 0 Å². The largest absolute Gasteiger partial charge is 0.299 e. The van der Waals surface area contributed by atoms with Crippen LogP contribution in [-0.4, -0.2) is 42.6 Å². The van der Waals surface area contributed by atoms with Crippen LogP contribution in [0, 0.1) is 0 Å². The van der Waals surface area contributed by atoms with Crippen molar-refractivity contribution >= 4 is 73.0 Å². The number of nitrogens with zero attached hydrogens (tertiary/aromatic N) is 3. The molecule has 1 heterocycles. The van der Waals surface area contributed by atoms with Gasteiger partial charge in [0.25, 0.3) is 0 Å². The Labute approximate surface area is 170 Å². The van der Waals surface area contributed by atoms with Gasteiger partial charge in [0, 0.05) is 10.0 Å². The summed E-state index contributed by atoms with van der Waals surface area (Å²) < 4.78 is 26.2. The monoisotopic (exact) mass is 454 g/mol. The number of hydrogen-bond donors (Lipinski definition) is 1. The Balaban J connectivity index is 2.28. The number of nitrogens with one attached hydrogen (secondary N) is 1. The molecule has 12 heteroatoms. The summed E-state index contributed by atoms with van der Waals surface area (Å²) in [5.41, 5.74) is 0.201. The zero-order valence-corrected chi connectivity index (χ0v) is 18.0. The fraction of sp³-hybridized carbons (Fsp3) is 0.357. The van der Waals surface area contributed by atoms with Crippen molar-refractivity contribution in [3.8, 4) is 0 Å². The Bertz CT molecular complexity index is 884. The van der Waals surface area contributed by atoms with Crippen LogP contribution in [0.3, 0.4) is 0 Å². The molecule has 0 fully saturated rings. The van der Waals surface area contributed by atoms with E-state index < -0.39 is 22.0 Å². The molecule has 0 bridgehead atoms. The molecule has 1 N–H and O–H groups in total. The van der Waals surface area contributed by atoms with Gasteiger partial charge in [0.1, 0.15) is 6.04 Å². The van der Waals surface area contributed by atoms with Gasteiger partial charge in [-0.2, -0.15) is 0 Å². The van der Waals surface area contributed by atoms with Gasteiger partial charge in [-0.15, -0.1) is 10.2 Å². The van der Waals surface area contributed by atoms with Crippen molar-refractivity contribution in [2.75, 3.05) is 21.6 Å². The number of anilines is 2. The number of aromatic nitrogens is 2. The average Bonchev–Trinajstić information content (AvgIpc) is 2.92. The summed E-state index contributed by atoms with van der Waals surface area (Å²) in [5.74, 6) is 0.284. The van der Waals surface area contributed by atoms with Gasteiger partial charge < -0.3 is 0 Å². The first-order valence-electron chi connectivity index (χ1n) is 7.34. The lowest BCUT2D eigenvalue weighted by Gasteiger charge is -2.28. The third kappa shape index (κ3) is 5.46. The molecule has 142 valence electrons. The van der Waals surface area contributed by atoms with E-state index in [-0.39, 0.29) is 15.7 Å². The van der Waals surface area contributed by atoms with E-state index in [1.54, 1.807) is 0 Å². The van der Waals surface area contributed by atoms with Gasteiger partial charge in [0.2, 0.25) is 21.1 Å². The number of carbonyl (C=O) groups is 1. The van der Waals surface area contributed by atoms with Crippen LogP contribution < -0.4 is 9.62 Å². The number of amides is 1. The highest BCUT2D eigenvalue weighted by Crippen LogP contribution is 2.29. The molecule has 26 heavy (non-hydrogen) atoms. The van der Waals surface area contributed by atoms with Crippen molar-refractivity contribution in [3.63, 3.8) is 0 Å². The summed E-state index contributed by atoms with van der Waals surface area (Å²) in [6.07, 6.45) is 1.01. The van der Waals surface area contributed by atoms with Crippen molar-refractivity contribution in [2.45, 2.75) is 24.2 Å². The molecular formula is C14H16Cl2N4O3S3.